The van der Waals surface area contributed by atoms with Crippen LogP contribution in [0, 0.1) is 0 Å². The second-order valence-corrected chi connectivity index (χ2v) is 8.42. The van der Waals surface area contributed by atoms with Crippen molar-refractivity contribution in [1.29, 1.82) is 0 Å². The Morgan fingerprint density at radius 2 is 1.65 bits per heavy atom. The van der Waals surface area contributed by atoms with Gasteiger partial charge < -0.3 is 23.8 Å². The van der Waals surface area contributed by atoms with Gasteiger partial charge in [-0.1, -0.05) is 12.1 Å². The topological polar surface area (TPSA) is 103 Å². The second-order valence-electron chi connectivity index (χ2n) is 6.73. The van der Waals surface area contributed by atoms with Crippen LogP contribution in [0.4, 0.5) is 5.69 Å². The zero-order valence-corrected chi connectivity index (χ0v) is 18.3. The van der Waals surface area contributed by atoms with E-state index in [1.54, 1.807) is 49.5 Å². The summed E-state index contributed by atoms with van der Waals surface area (Å²) in [5, 5.41) is 0. The average Bonchev–Trinajstić information content (AvgIpc) is 2.78. The summed E-state index contributed by atoms with van der Waals surface area (Å²) in [7, 11) is -0.868. The number of nitrogens with one attached hydrogen (secondary N) is 1. The van der Waals surface area contributed by atoms with Crippen LogP contribution in [-0.2, 0) is 19.5 Å². The van der Waals surface area contributed by atoms with Crippen LogP contribution in [-0.4, -0.2) is 73.0 Å². The van der Waals surface area contributed by atoms with Crippen molar-refractivity contribution in [3.63, 3.8) is 0 Å². The van der Waals surface area contributed by atoms with Crippen molar-refractivity contribution in [2.45, 2.75) is 4.90 Å². The molecule has 0 spiro atoms. The molecule has 0 saturated carbocycles. The number of ether oxygens (including phenoxy) is 4. The van der Waals surface area contributed by atoms with Crippen molar-refractivity contribution >= 4 is 21.6 Å². The number of methoxy groups -OCH3 is 2. The first-order valence-electron chi connectivity index (χ1n) is 9.75. The zero-order valence-electron chi connectivity index (χ0n) is 17.5. The number of rotatable bonds is 10. The highest BCUT2D eigenvalue weighted by Gasteiger charge is 2.23. The quantitative estimate of drug-likeness (QED) is 0.590. The first kappa shape index (κ1) is 22.9. The van der Waals surface area contributed by atoms with E-state index in [-0.39, 0.29) is 22.1 Å². The van der Waals surface area contributed by atoms with E-state index in [1.165, 1.54) is 12.1 Å². The molecule has 1 aliphatic rings. The van der Waals surface area contributed by atoms with E-state index < -0.39 is 10.0 Å². The Morgan fingerprint density at radius 1 is 1.00 bits per heavy atom. The number of carbonyl (C=O) groups excluding carboxylic acids is 1. The first-order chi connectivity index (χ1) is 15.0. The average molecular weight is 451 g/mol. The third kappa shape index (κ3) is 5.66. The fourth-order valence-corrected chi connectivity index (χ4v) is 4.14. The second kappa shape index (κ2) is 10.5. The molecule has 1 amide bonds. The minimum Gasteiger partial charge on any atom is -0.486 e. The van der Waals surface area contributed by atoms with Gasteiger partial charge in [0.2, 0.25) is 0 Å². The summed E-state index contributed by atoms with van der Waals surface area (Å²) >= 11 is 0. The molecule has 1 N–H and O–H groups in total. The monoisotopic (exact) mass is 450 g/mol. The summed E-state index contributed by atoms with van der Waals surface area (Å²) in [6.45, 7) is 2.15. The molecule has 2 aromatic rings. The highest BCUT2D eigenvalue weighted by atomic mass is 32.2. The molecule has 3 rings (SSSR count). The summed E-state index contributed by atoms with van der Waals surface area (Å²) in [5.74, 6) is 0.533. The van der Waals surface area contributed by atoms with Crippen LogP contribution in [0.1, 0.15) is 10.4 Å². The number of carbonyl (C=O) groups is 1. The van der Waals surface area contributed by atoms with Gasteiger partial charge in [0, 0.05) is 33.4 Å². The summed E-state index contributed by atoms with van der Waals surface area (Å²) in [5.41, 5.74) is 0.415. The molecule has 2 aromatic carbocycles. The Labute approximate surface area is 181 Å². The maximum absolute atomic E-state index is 13.1. The van der Waals surface area contributed by atoms with Gasteiger partial charge in [0.25, 0.3) is 15.9 Å². The van der Waals surface area contributed by atoms with Gasteiger partial charge in [-0.3, -0.25) is 9.52 Å². The number of anilines is 1. The molecule has 0 unspecified atom stereocenters. The fourth-order valence-electron chi connectivity index (χ4n) is 3.04. The third-order valence-electron chi connectivity index (χ3n) is 4.64. The molecule has 31 heavy (non-hydrogen) atoms. The maximum Gasteiger partial charge on any atom is 0.262 e. The molecule has 0 radical (unpaired) electrons. The molecule has 1 aliphatic heterocycles. The van der Waals surface area contributed by atoms with Gasteiger partial charge in [0.1, 0.15) is 13.2 Å². The van der Waals surface area contributed by atoms with Crippen LogP contribution in [0.15, 0.2) is 47.4 Å². The number of hydrogen-bond acceptors (Lipinski definition) is 7. The molecule has 0 atom stereocenters. The largest absolute Gasteiger partial charge is 0.486 e. The van der Waals surface area contributed by atoms with Crippen LogP contribution in [0.2, 0.25) is 0 Å². The SMILES string of the molecule is COCCN(CCOC)C(=O)c1ccccc1NS(=O)(=O)c1ccc2c(c1)OCCO2. The van der Waals surface area contributed by atoms with E-state index in [2.05, 4.69) is 4.72 Å². The zero-order chi connectivity index (χ0) is 22.3. The minimum atomic E-state index is -3.97. The Morgan fingerprint density at radius 3 is 2.32 bits per heavy atom. The van der Waals surface area contributed by atoms with Crippen LogP contribution >= 0.6 is 0 Å². The summed E-state index contributed by atoms with van der Waals surface area (Å²) < 4.78 is 49.6. The minimum absolute atomic E-state index is 0.00891. The van der Waals surface area contributed by atoms with Gasteiger partial charge in [-0.15, -0.1) is 0 Å². The van der Waals surface area contributed by atoms with Crippen molar-refractivity contribution in [3.8, 4) is 11.5 Å². The van der Waals surface area contributed by atoms with Crippen molar-refractivity contribution in [2.24, 2.45) is 0 Å². The lowest BCUT2D eigenvalue weighted by atomic mass is 10.1. The normalized spacial score (nSPS) is 13.0. The van der Waals surface area contributed by atoms with E-state index in [1.807, 2.05) is 0 Å². The summed E-state index contributed by atoms with van der Waals surface area (Å²) in [4.78, 5) is 14.7. The number of para-hydroxylation sites is 1. The number of hydrogen-bond donors (Lipinski definition) is 1. The van der Waals surface area contributed by atoms with Gasteiger partial charge in [0.05, 0.1) is 29.4 Å². The number of benzene rings is 2. The molecule has 0 aromatic heterocycles. The lowest BCUT2D eigenvalue weighted by Crippen LogP contribution is -2.37. The van der Waals surface area contributed by atoms with E-state index >= 15 is 0 Å². The van der Waals surface area contributed by atoms with Crippen LogP contribution in [0.25, 0.3) is 0 Å². The molecule has 10 heteroatoms. The van der Waals surface area contributed by atoms with Gasteiger partial charge in [-0.05, 0) is 24.3 Å². The van der Waals surface area contributed by atoms with Crippen molar-refractivity contribution in [2.75, 3.05) is 58.5 Å². The van der Waals surface area contributed by atoms with E-state index in [0.717, 1.165) is 0 Å². The molecule has 0 saturated heterocycles. The standard InChI is InChI=1S/C21H26N2O7S/c1-27-11-9-23(10-12-28-2)21(24)17-5-3-4-6-18(17)22-31(25,26)16-7-8-19-20(15-16)30-14-13-29-19/h3-8,15,22H,9-14H2,1-2H3. The lowest BCUT2D eigenvalue weighted by Gasteiger charge is -2.23. The van der Waals surface area contributed by atoms with Gasteiger partial charge in [0.15, 0.2) is 11.5 Å². The Balaban J connectivity index is 1.86. The van der Waals surface area contributed by atoms with Crippen molar-refractivity contribution in [3.05, 3.63) is 48.0 Å². The molecular formula is C21H26N2O7S. The van der Waals surface area contributed by atoms with Gasteiger partial charge in [-0.25, -0.2) is 8.42 Å². The lowest BCUT2D eigenvalue weighted by molar-refractivity contribution is 0.0628. The van der Waals surface area contributed by atoms with Crippen molar-refractivity contribution in [1.82, 2.24) is 4.90 Å². The fraction of sp³-hybridized carbons (Fsp3) is 0.381. The molecular weight excluding hydrogens is 424 g/mol. The first-order valence-corrected chi connectivity index (χ1v) is 11.2. The maximum atomic E-state index is 13.1. The molecule has 1 heterocycles. The molecule has 168 valence electrons. The third-order valence-corrected chi connectivity index (χ3v) is 6.01. The van der Waals surface area contributed by atoms with E-state index in [0.29, 0.717) is 51.0 Å². The van der Waals surface area contributed by atoms with Crippen LogP contribution in [0.5, 0.6) is 11.5 Å². The van der Waals surface area contributed by atoms with E-state index in [9.17, 15) is 13.2 Å². The number of amides is 1. The van der Waals surface area contributed by atoms with Gasteiger partial charge >= 0.3 is 0 Å². The molecule has 0 aliphatic carbocycles. The number of nitrogens with zero attached hydrogens (tertiary/aromatic N) is 1. The summed E-state index contributed by atoms with van der Waals surface area (Å²) in [6, 6.07) is 10.9. The molecule has 9 nitrogen and oxygen atoms in total. The predicted octanol–water partition coefficient (Wildman–Crippen LogP) is 1.99. The summed E-state index contributed by atoms with van der Waals surface area (Å²) in [6.07, 6.45) is 0. The predicted molar refractivity (Wildman–Crippen MR) is 114 cm³/mol. The van der Waals surface area contributed by atoms with Gasteiger partial charge in [-0.2, -0.15) is 0 Å². The Kier molecular flexibility index (Phi) is 7.72. The Hall–Kier alpha value is -2.82. The van der Waals surface area contributed by atoms with E-state index in [4.69, 9.17) is 18.9 Å². The van der Waals surface area contributed by atoms with Crippen LogP contribution in [0.3, 0.4) is 0 Å². The molecule has 0 bridgehead atoms. The highest BCUT2D eigenvalue weighted by Crippen LogP contribution is 2.33. The highest BCUT2D eigenvalue weighted by molar-refractivity contribution is 7.92. The van der Waals surface area contributed by atoms with Crippen molar-refractivity contribution < 1.29 is 32.2 Å². The number of fused-ring (bicyclic) bond motifs is 1. The Bertz CT molecular complexity index is 1000. The van der Waals surface area contributed by atoms with Crippen LogP contribution < -0.4 is 14.2 Å². The molecule has 0 fully saturated rings. The smallest absolute Gasteiger partial charge is 0.262 e. The number of sulfonamides is 1.